The lowest BCUT2D eigenvalue weighted by atomic mass is 10.00. The lowest BCUT2D eigenvalue weighted by Crippen LogP contribution is -2.53. The zero-order valence-electron chi connectivity index (χ0n) is 4.95. The highest BCUT2D eigenvalue weighted by Crippen LogP contribution is 2.26. The van der Waals surface area contributed by atoms with Gasteiger partial charge in [-0.25, -0.2) is 0 Å². The van der Waals surface area contributed by atoms with Crippen molar-refractivity contribution >= 4 is 5.91 Å². The average molecular weight is 124 g/mol. The SMILES string of the molecule is NC1C=CN2C(=O)C[C@@H]12. The molecule has 0 aromatic rings. The van der Waals surface area contributed by atoms with Gasteiger partial charge in [-0.3, -0.25) is 4.79 Å². The second-order valence-electron chi connectivity index (χ2n) is 2.49. The van der Waals surface area contributed by atoms with Gasteiger partial charge in [-0.15, -0.1) is 0 Å². The maximum atomic E-state index is 10.7. The molecule has 0 bridgehead atoms. The Hall–Kier alpha value is -0.830. The number of β-lactam (4-membered cyclic amide) rings is 1. The van der Waals surface area contributed by atoms with Gasteiger partial charge in [-0.05, 0) is 6.08 Å². The van der Waals surface area contributed by atoms with Crippen molar-refractivity contribution in [1.82, 2.24) is 4.90 Å². The summed E-state index contributed by atoms with van der Waals surface area (Å²) in [5, 5.41) is 0. The second-order valence-corrected chi connectivity index (χ2v) is 2.49. The number of nitrogens with zero attached hydrogens (tertiary/aromatic N) is 1. The maximum absolute atomic E-state index is 10.7. The average Bonchev–Trinajstić information content (AvgIpc) is 2.07. The lowest BCUT2D eigenvalue weighted by molar-refractivity contribution is -0.140. The van der Waals surface area contributed by atoms with Gasteiger partial charge in [0, 0.05) is 18.7 Å². The summed E-state index contributed by atoms with van der Waals surface area (Å²) in [6.45, 7) is 0. The summed E-state index contributed by atoms with van der Waals surface area (Å²) in [6.07, 6.45) is 4.28. The molecule has 1 saturated heterocycles. The number of amides is 1. The van der Waals surface area contributed by atoms with E-state index in [1.807, 2.05) is 6.08 Å². The Morgan fingerprint density at radius 2 is 2.56 bits per heavy atom. The number of fused-ring (bicyclic) bond motifs is 1. The van der Waals surface area contributed by atoms with Crippen LogP contribution in [0.4, 0.5) is 0 Å². The highest BCUT2D eigenvalue weighted by molar-refractivity contribution is 5.85. The molecule has 3 heteroatoms. The third-order valence-corrected chi connectivity index (χ3v) is 1.94. The molecule has 2 N–H and O–H groups in total. The van der Waals surface area contributed by atoms with E-state index in [9.17, 15) is 4.79 Å². The fourth-order valence-corrected chi connectivity index (χ4v) is 1.29. The topological polar surface area (TPSA) is 46.3 Å². The van der Waals surface area contributed by atoms with Crippen LogP contribution in [-0.2, 0) is 4.79 Å². The zero-order chi connectivity index (χ0) is 6.43. The molecule has 1 fully saturated rings. The molecule has 0 aliphatic carbocycles. The van der Waals surface area contributed by atoms with Gasteiger partial charge in [0.25, 0.3) is 0 Å². The number of nitrogens with two attached hydrogens (primary N) is 1. The first-order valence-corrected chi connectivity index (χ1v) is 3.04. The minimum Gasteiger partial charge on any atom is -0.323 e. The molecular weight excluding hydrogens is 116 g/mol. The van der Waals surface area contributed by atoms with E-state index in [1.54, 1.807) is 11.1 Å². The van der Waals surface area contributed by atoms with Gasteiger partial charge in [0.15, 0.2) is 0 Å². The van der Waals surface area contributed by atoms with Gasteiger partial charge >= 0.3 is 0 Å². The van der Waals surface area contributed by atoms with Crippen molar-refractivity contribution in [1.29, 1.82) is 0 Å². The van der Waals surface area contributed by atoms with Crippen molar-refractivity contribution < 1.29 is 4.79 Å². The van der Waals surface area contributed by atoms with Gasteiger partial charge in [-0.1, -0.05) is 0 Å². The molecule has 2 rings (SSSR count). The number of rotatable bonds is 0. The number of hydrogen-bond donors (Lipinski definition) is 1. The van der Waals surface area contributed by atoms with Crippen LogP contribution in [0.3, 0.4) is 0 Å². The Labute approximate surface area is 53.1 Å². The molecule has 3 nitrogen and oxygen atoms in total. The summed E-state index contributed by atoms with van der Waals surface area (Å²) < 4.78 is 0. The van der Waals surface area contributed by atoms with Crippen LogP contribution in [0, 0.1) is 0 Å². The van der Waals surface area contributed by atoms with Crippen LogP contribution in [0.25, 0.3) is 0 Å². The van der Waals surface area contributed by atoms with Crippen LogP contribution < -0.4 is 5.73 Å². The number of carbonyl (C=O) groups is 1. The molecule has 2 atom stereocenters. The first-order chi connectivity index (χ1) is 4.29. The van der Waals surface area contributed by atoms with Crippen LogP contribution in [0.15, 0.2) is 12.3 Å². The Morgan fingerprint density at radius 1 is 1.78 bits per heavy atom. The molecule has 0 aromatic heterocycles. The summed E-state index contributed by atoms with van der Waals surface area (Å²) in [7, 11) is 0. The van der Waals surface area contributed by atoms with Crippen molar-refractivity contribution in [3.05, 3.63) is 12.3 Å². The highest BCUT2D eigenvalue weighted by atomic mass is 16.2. The molecule has 0 radical (unpaired) electrons. The third-order valence-electron chi connectivity index (χ3n) is 1.94. The molecule has 1 unspecified atom stereocenters. The Kier molecular flexibility index (Phi) is 0.754. The minimum absolute atomic E-state index is 0.0858. The largest absolute Gasteiger partial charge is 0.323 e. The smallest absolute Gasteiger partial charge is 0.229 e. The highest BCUT2D eigenvalue weighted by Gasteiger charge is 2.41. The van der Waals surface area contributed by atoms with Crippen molar-refractivity contribution in [3.63, 3.8) is 0 Å². The standard InChI is InChI=1S/C6H8N2O/c7-4-1-2-8-5(4)3-6(8)9/h1-2,4-5H,3,7H2/t4?,5-/m0/s1. The van der Waals surface area contributed by atoms with Gasteiger partial charge < -0.3 is 10.6 Å². The summed E-state index contributed by atoms with van der Waals surface area (Å²) >= 11 is 0. The van der Waals surface area contributed by atoms with Crippen LogP contribution in [0.1, 0.15) is 6.42 Å². The van der Waals surface area contributed by atoms with Crippen molar-refractivity contribution in [2.75, 3.05) is 0 Å². The Morgan fingerprint density at radius 3 is 3.00 bits per heavy atom. The van der Waals surface area contributed by atoms with Gasteiger partial charge in [0.1, 0.15) is 0 Å². The van der Waals surface area contributed by atoms with E-state index in [1.165, 1.54) is 0 Å². The van der Waals surface area contributed by atoms with Gasteiger partial charge in [-0.2, -0.15) is 0 Å². The van der Waals surface area contributed by atoms with E-state index in [0.29, 0.717) is 6.42 Å². The van der Waals surface area contributed by atoms with Gasteiger partial charge in [0.05, 0.1) is 6.04 Å². The first-order valence-electron chi connectivity index (χ1n) is 3.04. The zero-order valence-corrected chi connectivity index (χ0v) is 4.95. The second kappa shape index (κ2) is 1.36. The molecular formula is C6H8N2O. The predicted molar refractivity (Wildman–Crippen MR) is 32.4 cm³/mol. The van der Waals surface area contributed by atoms with E-state index < -0.39 is 0 Å². The Bertz CT molecular complexity index is 187. The maximum Gasteiger partial charge on any atom is 0.229 e. The van der Waals surface area contributed by atoms with Crippen LogP contribution in [-0.4, -0.2) is 22.9 Å². The predicted octanol–water partition coefficient (Wildman–Crippen LogP) is -0.558. The van der Waals surface area contributed by atoms with Gasteiger partial charge in [0.2, 0.25) is 5.91 Å². The summed E-state index contributed by atoms with van der Waals surface area (Å²) in [6, 6.07) is 0.375. The van der Waals surface area contributed by atoms with E-state index in [2.05, 4.69) is 0 Å². The van der Waals surface area contributed by atoms with Crippen LogP contribution >= 0.6 is 0 Å². The normalized spacial score (nSPS) is 38.8. The lowest BCUT2D eigenvalue weighted by Gasteiger charge is -2.35. The van der Waals surface area contributed by atoms with Crippen LogP contribution in [0.2, 0.25) is 0 Å². The summed E-state index contributed by atoms with van der Waals surface area (Å²) in [5.74, 6) is 0.198. The molecule has 0 saturated carbocycles. The number of carbonyl (C=O) groups excluding carboxylic acids is 1. The van der Waals surface area contributed by atoms with Crippen LogP contribution in [0.5, 0.6) is 0 Å². The molecule has 0 spiro atoms. The van der Waals surface area contributed by atoms with Crippen molar-refractivity contribution in [2.45, 2.75) is 18.5 Å². The molecule has 2 heterocycles. The van der Waals surface area contributed by atoms with Crippen molar-refractivity contribution in [3.8, 4) is 0 Å². The fraction of sp³-hybridized carbons (Fsp3) is 0.500. The van der Waals surface area contributed by atoms with E-state index in [0.717, 1.165) is 0 Å². The Balaban J connectivity index is 2.19. The molecule has 1 amide bonds. The summed E-state index contributed by atoms with van der Waals surface area (Å²) in [4.78, 5) is 12.4. The monoisotopic (exact) mass is 124 g/mol. The molecule has 0 aromatic carbocycles. The molecule has 2 aliphatic rings. The third kappa shape index (κ3) is 0.471. The quantitative estimate of drug-likeness (QED) is 0.440. The van der Waals surface area contributed by atoms with E-state index >= 15 is 0 Å². The van der Waals surface area contributed by atoms with Crippen molar-refractivity contribution in [2.24, 2.45) is 5.73 Å². The van der Waals surface area contributed by atoms with E-state index in [4.69, 9.17) is 5.73 Å². The first kappa shape index (κ1) is 4.99. The number of hydrogen-bond acceptors (Lipinski definition) is 2. The fourth-order valence-electron chi connectivity index (χ4n) is 1.29. The summed E-state index contributed by atoms with van der Waals surface area (Å²) in [5.41, 5.74) is 5.60. The van der Waals surface area contributed by atoms with E-state index in [-0.39, 0.29) is 18.0 Å². The molecule has 2 aliphatic heterocycles. The molecule has 48 valence electrons. The minimum atomic E-state index is 0.0858. The molecule has 9 heavy (non-hydrogen) atoms.